The third-order valence-electron chi connectivity index (χ3n) is 4.43. The van der Waals surface area contributed by atoms with Crippen LogP contribution in [0, 0.1) is 5.82 Å². The van der Waals surface area contributed by atoms with Crippen LogP contribution in [0.3, 0.4) is 0 Å². The van der Waals surface area contributed by atoms with Crippen LogP contribution in [0.1, 0.15) is 23.3 Å². The van der Waals surface area contributed by atoms with E-state index in [-0.39, 0.29) is 17.6 Å². The number of aromatic nitrogens is 2. The fourth-order valence-electron chi connectivity index (χ4n) is 3.16. The van der Waals surface area contributed by atoms with E-state index < -0.39 is 5.91 Å². The number of anilines is 1. The minimum atomic E-state index is -0.624. The van der Waals surface area contributed by atoms with Crippen LogP contribution in [0.15, 0.2) is 30.3 Å². The van der Waals surface area contributed by atoms with Gasteiger partial charge in [-0.05, 0) is 43.1 Å². The van der Waals surface area contributed by atoms with E-state index in [1.54, 1.807) is 6.07 Å². The monoisotopic (exact) mass is 371 g/mol. The molecular weight excluding hydrogens is 353 g/mol. The summed E-state index contributed by atoms with van der Waals surface area (Å²) in [7, 11) is 0. The summed E-state index contributed by atoms with van der Waals surface area (Å²) in [5.41, 5.74) is 6.34. The molecule has 3 heterocycles. The molecule has 0 bridgehead atoms. The summed E-state index contributed by atoms with van der Waals surface area (Å²) in [6.07, 6.45) is 2.13. The summed E-state index contributed by atoms with van der Waals surface area (Å²) in [5.74, 6) is -0.309. The number of nitrogens with zero attached hydrogens (tertiary/aromatic N) is 2. The lowest BCUT2D eigenvalue weighted by Crippen LogP contribution is -2.38. The van der Waals surface area contributed by atoms with Gasteiger partial charge in [-0.1, -0.05) is 12.1 Å². The van der Waals surface area contributed by atoms with Gasteiger partial charge < -0.3 is 16.4 Å². The number of hydrogen-bond donors (Lipinski definition) is 3. The average molecular weight is 371 g/mol. The first kappa shape index (κ1) is 16.9. The Labute approximate surface area is 153 Å². The van der Waals surface area contributed by atoms with Gasteiger partial charge in [0, 0.05) is 22.8 Å². The van der Waals surface area contributed by atoms with Gasteiger partial charge in [-0.25, -0.2) is 4.39 Å². The number of carbonyl (C=O) groups excluding carboxylic acids is 1. The zero-order chi connectivity index (χ0) is 18.1. The summed E-state index contributed by atoms with van der Waals surface area (Å²) >= 11 is 1.36. The van der Waals surface area contributed by atoms with Gasteiger partial charge in [0.2, 0.25) is 0 Å². The van der Waals surface area contributed by atoms with Gasteiger partial charge in [-0.2, -0.15) is 0 Å². The molecule has 1 saturated heterocycles. The number of benzene rings is 1. The number of primary amides is 1. The van der Waals surface area contributed by atoms with Gasteiger partial charge in [0.25, 0.3) is 5.91 Å². The Kier molecular flexibility index (Phi) is 4.52. The Bertz CT molecular complexity index is 967. The van der Waals surface area contributed by atoms with Gasteiger partial charge in [0.15, 0.2) is 11.5 Å². The van der Waals surface area contributed by atoms with Crippen LogP contribution < -0.4 is 16.4 Å². The van der Waals surface area contributed by atoms with Gasteiger partial charge in [-0.3, -0.25) is 4.79 Å². The molecule has 1 aromatic carbocycles. The first-order chi connectivity index (χ1) is 12.6. The second kappa shape index (κ2) is 6.97. The number of piperidine rings is 1. The predicted octanol–water partition coefficient (Wildman–Crippen LogP) is 2.76. The van der Waals surface area contributed by atoms with Crippen LogP contribution in [0.5, 0.6) is 0 Å². The predicted molar refractivity (Wildman–Crippen MR) is 101 cm³/mol. The van der Waals surface area contributed by atoms with Crippen molar-refractivity contribution in [2.45, 2.75) is 18.9 Å². The van der Waals surface area contributed by atoms with Crippen LogP contribution in [0.25, 0.3) is 20.5 Å². The van der Waals surface area contributed by atoms with Crippen molar-refractivity contribution in [3.63, 3.8) is 0 Å². The van der Waals surface area contributed by atoms with Crippen molar-refractivity contribution in [1.29, 1.82) is 0 Å². The zero-order valence-electron chi connectivity index (χ0n) is 14.0. The number of thiophene rings is 1. The SMILES string of the molecule is NC(=O)c1nnc(N[C@H]2CCCNC2)c2cc(-c3cccc(F)c3)sc12. The number of nitrogens with two attached hydrogens (primary N) is 1. The quantitative estimate of drug-likeness (QED) is 0.656. The van der Waals surface area contributed by atoms with Gasteiger partial charge in [0.1, 0.15) is 5.82 Å². The molecule has 0 unspecified atom stereocenters. The second-order valence-corrected chi connectivity index (χ2v) is 7.37. The Hall–Kier alpha value is -2.58. The number of halogens is 1. The average Bonchev–Trinajstić information content (AvgIpc) is 3.08. The van der Waals surface area contributed by atoms with Crippen LogP contribution in [-0.4, -0.2) is 35.2 Å². The molecule has 0 spiro atoms. The molecule has 4 rings (SSSR count). The third kappa shape index (κ3) is 3.25. The molecule has 134 valence electrons. The van der Waals surface area contributed by atoms with E-state index in [1.165, 1.54) is 23.5 Å². The largest absolute Gasteiger partial charge is 0.364 e. The molecule has 0 radical (unpaired) electrons. The summed E-state index contributed by atoms with van der Waals surface area (Å²) in [5, 5.41) is 15.8. The van der Waals surface area contributed by atoms with Crippen molar-refractivity contribution < 1.29 is 9.18 Å². The fraction of sp³-hybridized carbons (Fsp3) is 0.278. The maximum absolute atomic E-state index is 13.6. The molecule has 1 fully saturated rings. The van der Waals surface area contributed by atoms with E-state index in [4.69, 9.17) is 5.73 Å². The highest BCUT2D eigenvalue weighted by Crippen LogP contribution is 2.37. The van der Waals surface area contributed by atoms with Gasteiger partial charge in [0.05, 0.1) is 4.70 Å². The summed E-state index contributed by atoms with van der Waals surface area (Å²) < 4.78 is 14.3. The highest BCUT2D eigenvalue weighted by atomic mass is 32.1. The second-order valence-electron chi connectivity index (χ2n) is 6.31. The normalized spacial score (nSPS) is 17.3. The van der Waals surface area contributed by atoms with Gasteiger partial charge >= 0.3 is 0 Å². The van der Waals surface area contributed by atoms with E-state index in [0.717, 1.165) is 41.8 Å². The van der Waals surface area contributed by atoms with E-state index in [9.17, 15) is 9.18 Å². The van der Waals surface area contributed by atoms with Crippen molar-refractivity contribution in [3.05, 3.63) is 41.8 Å². The van der Waals surface area contributed by atoms with Crippen LogP contribution >= 0.6 is 11.3 Å². The van der Waals surface area contributed by atoms with Crippen molar-refractivity contribution in [2.75, 3.05) is 18.4 Å². The lowest BCUT2D eigenvalue weighted by Gasteiger charge is -2.24. The van der Waals surface area contributed by atoms with Crippen LogP contribution in [-0.2, 0) is 0 Å². The molecule has 1 aliphatic rings. The van der Waals surface area contributed by atoms with Crippen molar-refractivity contribution in [1.82, 2.24) is 15.5 Å². The minimum Gasteiger partial charge on any atom is -0.364 e. The Morgan fingerprint density at radius 2 is 2.23 bits per heavy atom. The Morgan fingerprint density at radius 1 is 1.35 bits per heavy atom. The topological polar surface area (TPSA) is 92.9 Å². The first-order valence-electron chi connectivity index (χ1n) is 8.45. The fourth-order valence-corrected chi connectivity index (χ4v) is 4.31. The van der Waals surface area contributed by atoms with Crippen molar-refractivity contribution in [3.8, 4) is 10.4 Å². The lowest BCUT2D eigenvalue weighted by molar-refractivity contribution is 0.0996. The highest BCUT2D eigenvalue weighted by Gasteiger charge is 2.20. The van der Waals surface area contributed by atoms with Crippen molar-refractivity contribution >= 4 is 33.1 Å². The number of carbonyl (C=O) groups is 1. The Morgan fingerprint density at radius 3 is 2.96 bits per heavy atom. The molecule has 1 atom stereocenters. The van der Waals surface area contributed by atoms with E-state index in [0.29, 0.717) is 10.5 Å². The lowest BCUT2D eigenvalue weighted by atomic mass is 10.1. The Balaban J connectivity index is 1.80. The molecule has 0 saturated carbocycles. The molecule has 6 nitrogen and oxygen atoms in total. The molecule has 2 aromatic heterocycles. The molecule has 26 heavy (non-hydrogen) atoms. The highest BCUT2D eigenvalue weighted by molar-refractivity contribution is 7.22. The smallest absolute Gasteiger partial charge is 0.270 e. The number of hydrogen-bond acceptors (Lipinski definition) is 6. The van der Waals surface area contributed by atoms with Gasteiger partial charge in [-0.15, -0.1) is 21.5 Å². The number of nitrogens with one attached hydrogen (secondary N) is 2. The summed E-state index contributed by atoms with van der Waals surface area (Å²) in [4.78, 5) is 12.6. The molecular formula is C18H18FN5OS. The van der Waals surface area contributed by atoms with Crippen LogP contribution in [0.4, 0.5) is 10.2 Å². The third-order valence-corrected chi connectivity index (χ3v) is 5.62. The number of amides is 1. The van der Waals surface area contributed by atoms with Crippen LogP contribution in [0.2, 0.25) is 0 Å². The molecule has 3 aromatic rings. The number of fused-ring (bicyclic) bond motifs is 1. The summed E-state index contributed by atoms with van der Waals surface area (Å²) in [6.45, 7) is 1.86. The molecule has 4 N–H and O–H groups in total. The summed E-state index contributed by atoms with van der Waals surface area (Å²) in [6, 6.07) is 8.52. The molecule has 1 amide bonds. The van der Waals surface area contributed by atoms with E-state index >= 15 is 0 Å². The standard InChI is InChI=1S/C18H18FN5OS/c19-11-4-1-3-10(7-11)14-8-13-16(26-14)15(17(20)25)23-24-18(13)22-12-5-2-6-21-9-12/h1,3-4,7-8,12,21H,2,5-6,9H2,(H2,20,25)(H,22,24)/t12-/m0/s1. The van der Waals surface area contributed by atoms with E-state index in [2.05, 4.69) is 20.8 Å². The molecule has 8 heteroatoms. The zero-order valence-corrected chi connectivity index (χ0v) is 14.8. The first-order valence-corrected chi connectivity index (χ1v) is 9.26. The van der Waals surface area contributed by atoms with Crippen molar-refractivity contribution in [2.24, 2.45) is 5.73 Å². The molecule has 0 aliphatic carbocycles. The van der Waals surface area contributed by atoms with E-state index in [1.807, 2.05) is 12.1 Å². The minimum absolute atomic E-state index is 0.139. The molecule has 1 aliphatic heterocycles. The maximum Gasteiger partial charge on any atom is 0.270 e. The maximum atomic E-state index is 13.6. The number of rotatable bonds is 4.